The van der Waals surface area contributed by atoms with E-state index in [0.29, 0.717) is 12.5 Å². The van der Waals surface area contributed by atoms with Gasteiger partial charge in [-0.3, -0.25) is 4.79 Å². The molecule has 1 saturated heterocycles. The molecule has 0 unspecified atom stereocenters. The van der Waals surface area contributed by atoms with Crippen LogP contribution in [0.25, 0.3) is 0 Å². The molecule has 0 radical (unpaired) electrons. The fourth-order valence-electron chi connectivity index (χ4n) is 4.38. The maximum Gasteiger partial charge on any atom is 0.253 e. The van der Waals surface area contributed by atoms with Gasteiger partial charge in [-0.15, -0.1) is 0 Å². The fourth-order valence-corrected chi connectivity index (χ4v) is 4.38. The maximum absolute atomic E-state index is 13.1. The quantitative estimate of drug-likeness (QED) is 0.617. The Balaban J connectivity index is 1.35. The highest BCUT2D eigenvalue weighted by Gasteiger charge is 2.24. The second-order valence-corrected chi connectivity index (χ2v) is 8.38. The lowest BCUT2D eigenvalue weighted by molar-refractivity contribution is 0.0713. The predicted molar refractivity (Wildman–Crippen MR) is 124 cm³/mol. The van der Waals surface area contributed by atoms with Gasteiger partial charge in [0.2, 0.25) is 0 Å². The van der Waals surface area contributed by atoms with Crippen molar-refractivity contribution in [3.05, 3.63) is 101 Å². The minimum absolute atomic E-state index is 0.126. The molecule has 0 atom stereocenters. The van der Waals surface area contributed by atoms with E-state index in [1.807, 2.05) is 35.2 Å². The summed E-state index contributed by atoms with van der Waals surface area (Å²) in [6.45, 7) is 2.14. The zero-order valence-electron chi connectivity index (χ0n) is 17.8. The van der Waals surface area contributed by atoms with Crippen molar-refractivity contribution in [3.63, 3.8) is 0 Å². The summed E-state index contributed by atoms with van der Waals surface area (Å²) >= 11 is 0. The van der Waals surface area contributed by atoms with E-state index < -0.39 is 0 Å². The molecule has 0 saturated carbocycles. The number of nitrogens with two attached hydrogens (primary N) is 1. The third kappa shape index (κ3) is 5.33. The number of carbonyl (C=O) groups is 1. The summed E-state index contributed by atoms with van der Waals surface area (Å²) in [5.41, 5.74) is 11.4. The molecule has 3 aromatic rings. The van der Waals surface area contributed by atoms with Gasteiger partial charge in [0.05, 0.1) is 0 Å². The van der Waals surface area contributed by atoms with Gasteiger partial charge in [-0.1, -0.05) is 48.5 Å². The summed E-state index contributed by atoms with van der Waals surface area (Å²) in [4.78, 5) is 15.1. The average molecular weight is 415 g/mol. The number of carbonyl (C=O) groups excluding carboxylic acids is 1. The number of likely N-dealkylation sites (tertiary alicyclic amines) is 1. The van der Waals surface area contributed by atoms with Gasteiger partial charge in [-0.05, 0) is 78.1 Å². The third-order valence-electron chi connectivity index (χ3n) is 6.25. The lowest BCUT2D eigenvalue weighted by Gasteiger charge is -2.32. The number of benzene rings is 3. The first kappa shape index (κ1) is 21.1. The molecular formula is C27H30N2O2. The van der Waals surface area contributed by atoms with E-state index in [-0.39, 0.29) is 11.7 Å². The van der Waals surface area contributed by atoms with Crippen LogP contribution in [-0.2, 0) is 19.4 Å². The van der Waals surface area contributed by atoms with E-state index in [0.717, 1.165) is 49.9 Å². The molecule has 0 bridgehead atoms. The van der Waals surface area contributed by atoms with Crippen molar-refractivity contribution in [2.24, 2.45) is 5.73 Å². The SMILES string of the molecule is NCc1cccc(C2CCN(C(=O)c3cccc(CCc4ccc(O)cc4)c3)CC2)c1. The number of phenolic OH excluding ortho intramolecular Hbond substituents is 1. The number of aryl methyl sites for hydroxylation is 2. The average Bonchev–Trinajstić information content (AvgIpc) is 2.83. The van der Waals surface area contributed by atoms with E-state index in [2.05, 4.69) is 30.3 Å². The van der Waals surface area contributed by atoms with Gasteiger partial charge in [0.25, 0.3) is 5.91 Å². The summed E-state index contributed by atoms with van der Waals surface area (Å²) in [7, 11) is 0. The zero-order valence-corrected chi connectivity index (χ0v) is 17.8. The van der Waals surface area contributed by atoms with Crippen LogP contribution in [0.1, 0.15) is 51.4 Å². The lowest BCUT2D eigenvalue weighted by Crippen LogP contribution is -2.38. The molecule has 1 amide bonds. The first-order chi connectivity index (χ1) is 15.1. The van der Waals surface area contributed by atoms with Gasteiger partial charge in [-0.2, -0.15) is 0 Å². The first-order valence-corrected chi connectivity index (χ1v) is 11.1. The molecule has 4 nitrogen and oxygen atoms in total. The Kier molecular flexibility index (Phi) is 6.68. The molecule has 1 heterocycles. The number of piperidine rings is 1. The molecule has 4 rings (SSSR count). The minimum atomic E-state index is 0.126. The summed E-state index contributed by atoms with van der Waals surface area (Å²) in [5, 5.41) is 9.42. The molecule has 3 aromatic carbocycles. The third-order valence-corrected chi connectivity index (χ3v) is 6.25. The van der Waals surface area contributed by atoms with E-state index in [4.69, 9.17) is 5.73 Å². The predicted octanol–water partition coefficient (Wildman–Crippen LogP) is 4.66. The van der Waals surface area contributed by atoms with E-state index in [1.165, 1.54) is 16.7 Å². The summed E-state index contributed by atoms with van der Waals surface area (Å²) in [5.74, 6) is 0.903. The van der Waals surface area contributed by atoms with Crippen LogP contribution in [0, 0.1) is 0 Å². The van der Waals surface area contributed by atoms with Crippen molar-refractivity contribution in [1.82, 2.24) is 4.90 Å². The van der Waals surface area contributed by atoms with Gasteiger partial charge >= 0.3 is 0 Å². The molecule has 0 spiro atoms. The number of amides is 1. The lowest BCUT2D eigenvalue weighted by atomic mass is 9.88. The number of aromatic hydroxyl groups is 1. The van der Waals surface area contributed by atoms with Crippen molar-refractivity contribution < 1.29 is 9.90 Å². The van der Waals surface area contributed by atoms with E-state index in [9.17, 15) is 9.90 Å². The summed E-state index contributed by atoms with van der Waals surface area (Å²) in [6.07, 6.45) is 3.72. The minimum Gasteiger partial charge on any atom is -0.508 e. The van der Waals surface area contributed by atoms with Gasteiger partial charge in [-0.25, -0.2) is 0 Å². The van der Waals surface area contributed by atoms with Crippen molar-refractivity contribution >= 4 is 5.91 Å². The molecule has 4 heteroatoms. The molecule has 31 heavy (non-hydrogen) atoms. The van der Waals surface area contributed by atoms with Crippen LogP contribution in [0.2, 0.25) is 0 Å². The standard InChI is InChI=1S/C27H30N2O2/c28-19-22-4-2-5-24(18-22)23-13-15-29(16-14-23)27(31)25-6-1-3-21(17-25)8-7-20-9-11-26(30)12-10-20/h1-6,9-12,17-18,23,30H,7-8,13-16,19,28H2. The van der Waals surface area contributed by atoms with E-state index >= 15 is 0 Å². The van der Waals surface area contributed by atoms with Crippen molar-refractivity contribution in [3.8, 4) is 5.75 Å². The Bertz CT molecular complexity index is 1020. The smallest absolute Gasteiger partial charge is 0.253 e. The van der Waals surface area contributed by atoms with Gasteiger partial charge in [0.1, 0.15) is 5.75 Å². The number of nitrogens with zero attached hydrogens (tertiary/aromatic N) is 1. The van der Waals surface area contributed by atoms with Crippen molar-refractivity contribution in [2.45, 2.75) is 38.1 Å². The Hall–Kier alpha value is -3.11. The van der Waals surface area contributed by atoms with Gasteiger partial charge in [0.15, 0.2) is 0 Å². The van der Waals surface area contributed by atoms with Crippen LogP contribution in [0.5, 0.6) is 5.75 Å². The molecular weight excluding hydrogens is 384 g/mol. The first-order valence-electron chi connectivity index (χ1n) is 11.1. The maximum atomic E-state index is 13.1. The highest BCUT2D eigenvalue weighted by Crippen LogP contribution is 2.29. The second-order valence-electron chi connectivity index (χ2n) is 8.38. The van der Waals surface area contributed by atoms with Crippen LogP contribution < -0.4 is 5.73 Å². The van der Waals surface area contributed by atoms with Gasteiger partial charge in [0, 0.05) is 25.2 Å². The number of rotatable bonds is 6. The Labute approximate surface area is 184 Å². The van der Waals surface area contributed by atoms with E-state index in [1.54, 1.807) is 12.1 Å². The molecule has 0 aromatic heterocycles. The van der Waals surface area contributed by atoms with Crippen LogP contribution in [0.4, 0.5) is 0 Å². The molecule has 1 fully saturated rings. The Morgan fingerprint density at radius 3 is 2.29 bits per heavy atom. The fraction of sp³-hybridized carbons (Fsp3) is 0.296. The highest BCUT2D eigenvalue weighted by molar-refractivity contribution is 5.94. The molecule has 160 valence electrons. The molecule has 1 aliphatic rings. The Morgan fingerprint density at radius 1 is 0.871 bits per heavy atom. The molecule has 1 aliphatic heterocycles. The monoisotopic (exact) mass is 414 g/mol. The zero-order chi connectivity index (χ0) is 21.6. The molecule has 3 N–H and O–H groups in total. The number of phenols is 1. The topological polar surface area (TPSA) is 66.6 Å². The van der Waals surface area contributed by atoms with Crippen LogP contribution in [-0.4, -0.2) is 29.0 Å². The van der Waals surface area contributed by atoms with Crippen LogP contribution >= 0.6 is 0 Å². The number of hydrogen-bond donors (Lipinski definition) is 2. The molecule has 0 aliphatic carbocycles. The summed E-state index contributed by atoms with van der Waals surface area (Å²) < 4.78 is 0. The second kappa shape index (κ2) is 9.80. The number of hydrogen-bond acceptors (Lipinski definition) is 3. The van der Waals surface area contributed by atoms with Crippen LogP contribution in [0.3, 0.4) is 0 Å². The normalized spacial score (nSPS) is 14.5. The van der Waals surface area contributed by atoms with Crippen molar-refractivity contribution in [1.29, 1.82) is 0 Å². The highest BCUT2D eigenvalue weighted by atomic mass is 16.3. The largest absolute Gasteiger partial charge is 0.508 e. The van der Waals surface area contributed by atoms with Gasteiger partial charge < -0.3 is 15.7 Å². The van der Waals surface area contributed by atoms with Crippen molar-refractivity contribution in [2.75, 3.05) is 13.1 Å². The Morgan fingerprint density at radius 2 is 1.55 bits per heavy atom. The van der Waals surface area contributed by atoms with Crippen LogP contribution in [0.15, 0.2) is 72.8 Å². The summed E-state index contributed by atoms with van der Waals surface area (Å²) in [6, 6.07) is 23.8.